The van der Waals surface area contributed by atoms with E-state index in [0.29, 0.717) is 0 Å². The first-order valence-corrected chi connectivity index (χ1v) is 8.92. The highest BCUT2D eigenvalue weighted by Gasteiger charge is 2.19. The van der Waals surface area contributed by atoms with Crippen molar-refractivity contribution < 1.29 is 19.4 Å². The van der Waals surface area contributed by atoms with Crippen LogP contribution in [0, 0.1) is 0 Å². The molecule has 0 spiro atoms. The van der Waals surface area contributed by atoms with E-state index in [4.69, 9.17) is 9.84 Å². The van der Waals surface area contributed by atoms with Gasteiger partial charge in [0, 0.05) is 11.5 Å². The van der Waals surface area contributed by atoms with Crippen LogP contribution in [0.15, 0.2) is 35.0 Å². The first-order chi connectivity index (χ1) is 10.1. The summed E-state index contributed by atoms with van der Waals surface area (Å²) < 4.78 is 5.28. The van der Waals surface area contributed by atoms with Crippen molar-refractivity contribution >= 4 is 44.7 Å². The summed E-state index contributed by atoms with van der Waals surface area (Å²) in [4.78, 5) is 23.1. The largest absolute Gasteiger partial charge is 0.478 e. The molecule has 1 aromatic carbocycles. The third-order valence-electron chi connectivity index (χ3n) is 2.76. The molecule has 0 aliphatic carbocycles. The molecule has 4 nitrogen and oxygen atoms in total. The zero-order valence-corrected chi connectivity index (χ0v) is 13.9. The molecule has 112 valence electrons. The van der Waals surface area contributed by atoms with E-state index in [9.17, 15) is 9.59 Å². The van der Waals surface area contributed by atoms with E-state index in [1.165, 1.54) is 17.4 Å². The van der Waals surface area contributed by atoms with Crippen LogP contribution in [0.2, 0.25) is 0 Å². The molecule has 2 rings (SSSR count). The van der Waals surface area contributed by atoms with Crippen molar-refractivity contribution in [2.24, 2.45) is 0 Å². The second-order valence-electron chi connectivity index (χ2n) is 4.42. The summed E-state index contributed by atoms with van der Waals surface area (Å²) in [5.74, 6) is 0.145. The van der Waals surface area contributed by atoms with E-state index in [1.54, 1.807) is 35.7 Å². The maximum atomic E-state index is 12.0. The Morgan fingerprint density at radius 1 is 1.33 bits per heavy atom. The average molecular weight is 342 g/mol. The van der Waals surface area contributed by atoms with Crippen molar-refractivity contribution in [2.45, 2.75) is 5.25 Å². The summed E-state index contributed by atoms with van der Waals surface area (Å²) >= 11 is 3.43. The molecule has 1 aliphatic rings. The van der Waals surface area contributed by atoms with Gasteiger partial charge >= 0.3 is 11.9 Å². The number of benzene rings is 1. The fraction of sp³-hybridized carbons (Fsp3) is 0.286. The second-order valence-corrected chi connectivity index (χ2v) is 7.36. The molecule has 1 N–H and O–H groups in total. The van der Waals surface area contributed by atoms with E-state index in [2.05, 4.69) is 14.6 Å². The fourth-order valence-electron chi connectivity index (χ4n) is 1.75. The molecule has 0 fully saturated rings. The molecular formula is C14H15O4PS2. The summed E-state index contributed by atoms with van der Waals surface area (Å²) in [5.41, 5.74) is 0.0658. The Morgan fingerprint density at radius 3 is 2.76 bits per heavy atom. The highest BCUT2D eigenvalue weighted by atomic mass is 32.2. The second kappa shape index (κ2) is 7.87. The lowest BCUT2D eigenvalue weighted by Crippen LogP contribution is -2.19. The summed E-state index contributed by atoms with van der Waals surface area (Å²) in [6, 6.07) is 6.09. The molecule has 0 aromatic heterocycles. The minimum absolute atomic E-state index is 0.0301. The van der Waals surface area contributed by atoms with Crippen molar-refractivity contribution in [1.82, 2.24) is 0 Å². The number of carbonyl (C=O) groups is 2. The maximum Gasteiger partial charge on any atom is 0.339 e. The summed E-state index contributed by atoms with van der Waals surface area (Å²) in [6.45, 7) is 0.277. The standard InChI is InChI=1S/C14H15O4PS2/c15-13(16)11-3-1-2-4-12(11)14(17)18-5-10-8-20-6-9(19)7-21-10/h1-4,7,10H,5-6,8,19H2,(H,15,16). The van der Waals surface area contributed by atoms with Crippen LogP contribution in [0.4, 0.5) is 0 Å². The van der Waals surface area contributed by atoms with Crippen molar-refractivity contribution in [3.8, 4) is 0 Å². The minimum atomic E-state index is -1.13. The van der Waals surface area contributed by atoms with Crippen molar-refractivity contribution in [3.63, 3.8) is 0 Å². The molecule has 0 radical (unpaired) electrons. The number of esters is 1. The Bertz CT molecular complexity index is 574. The lowest BCUT2D eigenvalue weighted by molar-refractivity contribution is 0.0500. The van der Waals surface area contributed by atoms with Gasteiger partial charge in [0.25, 0.3) is 0 Å². The highest BCUT2D eigenvalue weighted by Crippen LogP contribution is 2.29. The minimum Gasteiger partial charge on any atom is -0.478 e. The van der Waals surface area contributed by atoms with Gasteiger partial charge in [0.05, 0.1) is 16.4 Å². The number of thioether (sulfide) groups is 2. The van der Waals surface area contributed by atoms with E-state index >= 15 is 0 Å². The molecule has 1 aromatic rings. The highest BCUT2D eigenvalue weighted by molar-refractivity contribution is 8.06. The van der Waals surface area contributed by atoms with Crippen molar-refractivity contribution in [1.29, 1.82) is 0 Å². The smallest absolute Gasteiger partial charge is 0.339 e. The molecule has 0 saturated carbocycles. The Labute approximate surface area is 133 Å². The average Bonchev–Trinajstić information content (AvgIpc) is 2.69. The Balaban J connectivity index is 1.97. The van der Waals surface area contributed by atoms with E-state index in [1.807, 2.05) is 0 Å². The third kappa shape index (κ3) is 4.77. The molecule has 1 aliphatic heterocycles. The van der Waals surface area contributed by atoms with Gasteiger partial charge in [-0.1, -0.05) is 12.1 Å². The lowest BCUT2D eigenvalue weighted by atomic mass is 10.1. The summed E-state index contributed by atoms with van der Waals surface area (Å²) in [5, 5.41) is 12.6. The van der Waals surface area contributed by atoms with Crippen LogP contribution in [0.1, 0.15) is 20.7 Å². The molecule has 7 heteroatoms. The van der Waals surface area contributed by atoms with Crippen LogP contribution in [0.5, 0.6) is 0 Å². The van der Waals surface area contributed by atoms with Crippen LogP contribution in [-0.4, -0.2) is 40.4 Å². The van der Waals surface area contributed by atoms with Gasteiger partial charge in [0.15, 0.2) is 0 Å². The molecule has 2 unspecified atom stereocenters. The molecule has 0 bridgehead atoms. The normalized spacial score (nSPS) is 18.5. The number of hydrogen-bond acceptors (Lipinski definition) is 5. The lowest BCUT2D eigenvalue weighted by Gasteiger charge is -2.13. The van der Waals surface area contributed by atoms with Crippen molar-refractivity contribution in [3.05, 3.63) is 46.1 Å². The monoisotopic (exact) mass is 342 g/mol. The van der Waals surface area contributed by atoms with Gasteiger partial charge in [0.1, 0.15) is 6.61 Å². The molecule has 1 heterocycles. The predicted molar refractivity (Wildman–Crippen MR) is 90.2 cm³/mol. The summed E-state index contributed by atoms with van der Waals surface area (Å²) in [6.07, 6.45) is 0. The number of carbonyl (C=O) groups excluding carboxylic acids is 1. The molecule has 2 atom stereocenters. The Hall–Kier alpha value is -0.970. The van der Waals surface area contributed by atoms with E-state index < -0.39 is 11.9 Å². The van der Waals surface area contributed by atoms with Gasteiger partial charge in [-0.25, -0.2) is 9.59 Å². The van der Waals surface area contributed by atoms with Crippen molar-refractivity contribution in [2.75, 3.05) is 18.1 Å². The Kier molecular flexibility index (Phi) is 6.15. The SMILES string of the molecule is O=C(O)c1ccccc1C(=O)OCC1CSCC(P)=CS1. The third-order valence-corrected chi connectivity index (χ3v) is 6.18. The summed E-state index contributed by atoms with van der Waals surface area (Å²) in [7, 11) is 2.69. The van der Waals surface area contributed by atoms with Gasteiger partial charge in [-0.15, -0.1) is 21.0 Å². The molecular weight excluding hydrogens is 327 g/mol. The zero-order valence-electron chi connectivity index (χ0n) is 11.2. The number of carboxylic acid groups (broad SMARTS) is 1. The number of ether oxygens (including phenoxy) is 1. The number of carboxylic acids is 1. The predicted octanol–water partition coefficient (Wildman–Crippen LogP) is 3.11. The Morgan fingerprint density at radius 2 is 2.05 bits per heavy atom. The van der Waals surface area contributed by atoms with Gasteiger partial charge in [-0.2, -0.15) is 11.8 Å². The maximum absolute atomic E-state index is 12.0. The molecule has 0 amide bonds. The first kappa shape index (κ1) is 16.4. The van der Waals surface area contributed by atoms with Crippen LogP contribution in [-0.2, 0) is 4.74 Å². The van der Waals surface area contributed by atoms with E-state index in [0.717, 1.165) is 11.5 Å². The van der Waals surface area contributed by atoms with Crippen LogP contribution in [0.3, 0.4) is 0 Å². The van der Waals surface area contributed by atoms with Gasteiger partial charge in [-0.3, -0.25) is 0 Å². The van der Waals surface area contributed by atoms with Gasteiger partial charge in [-0.05, 0) is 22.9 Å². The fourth-order valence-corrected chi connectivity index (χ4v) is 4.44. The van der Waals surface area contributed by atoms with Gasteiger partial charge in [0.2, 0.25) is 0 Å². The zero-order chi connectivity index (χ0) is 15.2. The van der Waals surface area contributed by atoms with Gasteiger partial charge < -0.3 is 9.84 Å². The quantitative estimate of drug-likeness (QED) is 0.670. The number of hydrogen-bond donors (Lipinski definition) is 1. The van der Waals surface area contributed by atoms with Crippen LogP contribution in [0.25, 0.3) is 0 Å². The number of rotatable bonds is 4. The van der Waals surface area contributed by atoms with E-state index in [-0.39, 0.29) is 23.0 Å². The molecule has 0 saturated heterocycles. The first-order valence-electron chi connectivity index (χ1n) is 6.25. The topological polar surface area (TPSA) is 63.6 Å². The molecule has 21 heavy (non-hydrogen) atoms. The van der Waals surface area contributed by atoms with Crippen LogP contribution < -0.4 is 0 Å². The number of aromatic carboxylic acids is 1. The van der Waals surface area contributed by atoms with Crippen LogP contribution >= 0.6 is 32.8 Å².